The monoisotopic (exact) mass is 318 g/mol. The zero-order chi connectivity index (χ0) is 17.5. The Morgan fingerprint density at radius 3 is 1.87 bits per heavy atom. The van der Waals surface area contributed by atoms with Gasteiger partial charge in [0.1, 0.15) is 0 Å². The summed E-state index contributed by atoms with van der Waals surface area (Å²) in [5.74, 6) is 0. The highest BCUT2D eigenvalue weighted by atomic mass is 16.5. The second-order valence-electron chi connectivity index (χ2n) is 5.70. The zero-order valence-electron chi connectivity index (χ0n) is 15.4. The summed E-state index contributed by atoms with van der Waals surface area (Å²) in [5.41, 5.74) is 2.54. The largest absolute Gasteiger partial charge is 0.374 e. The minimum atomic E-state index is 0.397. The van der Waals surface area contributed by atoms with Crippen molar-refractivity contribution in [1.29, 1.82) is 0 Å². The van der Waals surface area contributed by atoms with Crippen molar-refractivity contribution < 1.29 is 9.47 Å². The van der Waals surface area contributed by atoms with Gasteiger partial charge >= 0.3 is 0 Å². The fourth-order valence-electron chi connectivity index (χ4n) is 1.89. The summed E-state index contributed by atoms with van der Waals surface area (Å²) < 4.78 is 10.8. The molecule has 130 valence electrons. The topological polar surface area (TPSA) is 18.5 Å². The second-order valence-corrected chi connectivity index (χ2v) is 5.70. The first-order valence-electron chi connectivity index (χ1n) is 8.54. The van der Waals surface area contributed by atoms with Gasteiger partial charge in [-0.1, -0.05) is 50.0 Å². The molecule has 0 aromatic carbocycles. The molecular weight excluding hydrogens is 284 g/mol. The zero-order valence-corrected chi connectivity index (χ0v) is 15.4. The smallest absolute Gasteiger partial charge is 0.0717 e. The standard InChI is InChI=1S/C10H16O.C8H12O.C3H6/c1-3-4-5-10-7-6-9(2)11-8-10;1-3-8-5-4-7(2)9-6-8;1-3-2/h4-5,7,9H,3,6,8H2,1-2H3;3,5,7H,1,4,6H2,2H3;3H,1H2,2H3/b5-4+;;. The Morgan fingerprint density at radius 1 is 1.04 bits per heavy atom. The third kappa shape index (κ3) is 11.8. The molecule has 0 aromatic rings. The van der Waals surface area contributed by atoms with Gasteiger partial charge in [-0.05, 0) is 51.2 Å². The number of ether oxygens (including phenoxy) is 2. The summed E-state index contributed by atoms with van der Waals surface area (Å²) in [5, 5.41) is 0. The SMILES string of the molecule is C=CC.C=CC1=CCC(C)OC1.CC/C=C/C1=CCC(C)OC1. The first-order chi connectivity index (χ1) is 11.1. The van der Waals surface area contributed by atoms with Crippen LogP contribution in [0.2, 0.25) is 0 Å². The molecule has 0 N–H and O–H groups in total. The Labute approximate surface area is 143 Å². The van der Waals surface area contributed by atoms with E-state index >= 15 is 0 Å². The van der Waals surface area contributed by atoms with Gasteiger partial charge in [0.25, 0.3) is 0 Å². The molecule has 2 heterocycles. The molecule has 23 heavy (non-hydrogen) atoms. The lowest BCUT2D eigenvalue weighted by Gasteiger charge is -2.17. The Morgan fingerprint density at radius 2 is 1.52 bits per heavy atom. The Bertz CT molecular complexity index is 416. The first-order valence-corrected chi connectivity index (χ1v) is 8.54. The lowest BCUT2D eigenvalue weighted by molar-refractivity contribution is 0.0775. The molecule has 0 bridgehead atoms. The van der Waals surface area contributed by atoms with E-state index in [1.54, 1.807) is 6.08 Å². The number of hydrogen-bond acceptors (Lipinski definition) is 2. The van der Waals surface area contributed by atoms with Crippen molar-refractivity contribution in [3.8, 4) is 0 Å². The summed E-state index contributed by atoms with van der Waals surface area (Å²) in [6.07, 6.45) is 16.4. The molecule has 0 saturated carbocycles. The molecule has 2 atom stereocenters. The lowest BCUT2D eigenvalue weighted by atomic mass is 10.1. The van der Waals surface area contributed by atoms with E-state index in [4.69, 9.17) is 9.47 Å². The molecular formula is C21H34O2. The highest BCUT2D eigenvalue weighted by molar-refractivity contribution is 5.20. The van der Waals surface area contributed by atoms with Crippen LogP contribution in [-0.2, 0) is 9.47 Å². The average Bonchev–Trinajstić information content (AvgIpc) is 2.56. The van der Waals surface area contributed by atoms with Crippen LogP contribution in [-0.4, -0.2) is 25.4 Å². The lowest BCUT2D eigenvalue weighted by Crippen LogP contribution is -2.13. The minimum absolute atomic E-state index is 0.397. The van der Waals surface area contributed by atoms with Crippen molar-refractivity contribution in [2.75, 3.05) is 13.2 Å². The van der Waals surface area contributed by atoms with Gasteiger partial charge in [-0.15, -0.1) is 6.58 Å². The maximum atomic E-state index is 5.47. The number of hydrogen-bond donors (Lipinski definition) is 0. The molecule has 2 unspecified atom stereocenters. The van der Waals surface area contributed by atoms with Crippen LogP contribution in [0.1, 0.15) is 47.0 Å². The number of allylic oxidation sites excluding steroid dienone is 2. The van der Waals surface area contributed by atoms with Crippen LogP contribution in [0.25, 0.3) is 0 Å². The van der Waals surface area contributed by atoms with Crippen molar-refractivity contribution in [1.82, 2.24) is 0 Å². The molecule has 0 spiro atoms. The molecule has 2 nitrogen and oxygen atoms in total. The molecule has 0 radical (unpaired) electrons. The fourth-order valence-corrected chi connectivity index (χ4v) is 1.89. The highest BCUT2D eigenvalue weighted by Crippen LogP contribution is 2.13. The number of rotatable bonds is 3. The summed E-state index contributed by atoms with van der Waals surface area (Å²) in [6.45, 7) is 16.8. The van der Waals surface area contributed by atoms with E-state index in [1.807, 2.05) is 13.0 Å². The van der Waals surface area contributed by atoms with Gasteiger partial charge in [-0.25, -0.2) is 0 Å². The normalized spacial score (nSPS) is 23.5. The van der Waals surface area contributed by atoms with Gasteiger partial charge in [-0.2, -0.15) is 0 Å². The predicted octanol–water partition coefficient (Wildman–Crippen LogP) is 5.79. The Kier molecular flexibility index (Phi) is 13.4. The van der Waals surface area contributed by atoms with Gasteiger partial charge in [-0.3, -0.25) is 0 Å². The maximum absolute atomic E-state index is 5.47. The Hall–Kier alpha value is -1.38. The predicted molar refractivity (Wildman–Crippen MR) is 102 cm³/mol. The second kappa shape index (κ2) is 14.2. The van der Waals surface area contributed by atoms with E-state index in [0.717, 1.165) is 32.5 Å². The van der Waals surface area contributed by atoms with Crippen LogP contribution in [0.5, 0.6) is 0 Å². The first kappa shape index (κ1) is 21.6. The molecule has 0 aliphatic carbocycles. The molecule has 2 heteroatoms. The van der Waals surface area contributed by atoms with Crippen molar-refractivity contribution in [2.24, 2.45) is 0 Å². The van der Waals surface area contributed by atoms with Crippen LogP contribution in [0, 0.1) is 0 Å². The summed E-state index contributed by atoms with van der Waals surface area (Å²) in [7, 11) is 0. The van der Waals surface area contributed by atoms with E-state index in [0.29, 0.717) is 12.2 Å². The van der Waals surface area contributed by atoms with E-state index in [9.17, 15) is 0 Å². The van der Waals surface area contributed by atoms with E-state index < -0.39 is 0 Å². The average molecular weight is 319 g/mol. The highest BCUT2D eigenvalue weighted by Gasteiger charge is 2.07. The minimum Gasteiger partial charge on any atom is -0.374 e. The van der Waals surface area contributed by atoms with Crippen LogP contribution < -0.4 is 0 Å². The molecule has 0 aromatic heterocycles. The summed E-state index contributed by atoms with van der Waals surface area (Å²) in [4.78, 5) is 0. The van der Waals surface area contributed by atoms with E-state index in [1.165, 1.54) is 11.1 Å². The summed E-state index contributed by atoms with van der Waals surface area (Å²) >= 11 is 0. The van der Waals surface area contributed by atoms with Gasteiger partial charge in [0.15, 0.2) is 0 Å². The fraction of sp³-hybridized carbons (Fsp3) is 0.524. The van der Waals surface area contributed by atoms with Crippen LogP contribution in [0.3, 0.4) is 0 Å². The van der Waals surface area contributed by atoms with Crippen LogP contribution >= 0.6 is 0 Å². The quantitative estimate of drug-likeness (QED) is 0.613. The molecule has 2 rings (SSSR count). The molecule has 0 amide bonds. The van der Waals surface area contributed by atoms with E-state index in [2.05, 4.69) is 58.2 Å². The van der Waals surface area contributed by atoms with Gasteiger partial charge in [0.2, 0.25) is 0 Å². The van der Waals surface area contributed by atoms with Crippen molar-refractivity contribution in [3.63, 3.8) is 0 Å². The van der Waals surface area contributed by atoms with Gasteiger partial charge in [0.05, 0.1) is 25.4 Å². The van der Waals surface area contributed by atoms with E-state index in [-0.39, 0.29) is 0 Å². The van der Waals surface area contributed by atoms with Crippen LogP contribution in [0.15, 0.2) is 60.8 Å². The van der Waals surface area contributed by atoms with Crippen LogP contribution in [0.4, 0.5) is 0 Å². The maximum Gasteiger partial charge on any atom is 0.0717 e. The molecule has 0 saturated heterocycles. The van der Waals surface area contributed by atoms with Crippen molar-refractivity contribution >= 4 is 0 Å². The molecule has 0 fully saturated rings. The Balaban J connectivity index is 0.000000365. The van der Waals surface area contributed by atoms with Gasteiger partial charge < -0.3 is 9.47 Å². The molecule has 2 aliphatic rings. The summed E-state index contributed by atoms with van der Waals surface area (Å²) in [6, 6.07) is 0. The van der Waals surface area contributed by atoms with Gasteiger partial charge in [0, 0.05) is 0 Å². The molecule has 2 aliphatic heterocycles. The van der Waals surface area contributed by atoms with Crippen molar-refractivity contribution in [2.45, 2.75) is 59.2 Å². The third-order valence-corrected chi connectivity index (χ3v) is 3.32. The van der Waals surface area contributed by atoms with Crippen molar-refractivity contribution in [3.05, 3.63) is 60.8 Å². The third-order valence-electron chi connectivity index (χ3n) is 3.32.